The van der Waals surface area contributed by atoms with E-state index in [0.29, 0.717) is 10.0 Å². The van der Waals surface area contributed by atoms with Gasteiger partial charge in [0, 0.05) is 30.7 Å². The number of nitro groups is 1. The first-order valence-corrected chi connectivity index (χ1v) is 10.7. The maximum Gasteiger partial charge on any atom is 0.278 e. The minimum absolute atomic E-state index is 0.0956. The zero-order chi connectivity index (χ0) is 20.0. The Balaban J connectivity index is 1.57. The predicted octanol–water partition coefficient (Wildman–Crippen LogP) is 8.06. The quantitative estimate of drug-likeness (QED) is 0.202. The van der Waals surface area contributed by atoms with Crippen LogP contribution in [0.5, 0.6) is 0 Å². The standard InChI is InChI=1S/C24H14BrNO2S/c25-18-10-11-19(22(14-18)26(27)28)16-7-5-15(6-8-16)17-9-12-24-21(13-17)20-3-1-2-4-23(20)29-24/h1-14H. The number of thiophene rings is 1. The summed E-state index contributed by atoms with van der Waals surface area (Å²) >= 11 is 5.11. The van der Waals surface area contributed by atoms with Crippen LogP contribution < -0.4 is 0 Å². The van der Waals surface area contributed by atoms with Crippen molar-refractivity contribution in [1.29, 1.82) is 0 Å². The van der Waals surface area contributed by atoms with Gasteiger partial charge in [-0.05, 0) is 47.0 Å². The van der Waals surface area contributed by atoms with Crippen molar-refractivity contribution in [2.24, 2.45) is 0 Å². The molecular formula is C24H14BrNO2S. The Hall–Kier alpha value is -3.02. The Morgan fingerprint density at radius 3 is 2.21 bits per heavy atom. The van der Waals surface area contributed by atoms with E-state index >= 15 is 0 Å². The minimum Gasteiger partial charge on any atom is -0.258 e. The zero-order valence-electron chi connectivity index (χ0n) is 15.1. The Kier molecular flexibility index (Phi) is 4.42. The molecule has 140 valence electrons. The van der Waals surface area contributed by atoms with Gasteiger partial charge in [-0.25, -0.2) is 0 Å². The van der Waals surface area contributed by atoms with Gasteiger partial charge in [0.05, 0.1) is 10.5 Å². The number of halogens is 1. The molecule has 3 nitrogen and oxygen atoms in total. The number of hydrogen-bond donors (Lipinski definition) is 0. The van der Waals surface area contributed by atoms with E-state index in [9.17, 15) is 10.1 Å². The highest BCUT2D eigenvalue weighted by Crippen LogP contribution is 2.37. The monoisotopic (exact) mass is 459 g/mol. The lowest BCUT2D eigenvalue weighted by molar-refractivity contribution is -0.384. The molecule has 5 aromatic rings. The van der Waals surface area contributed by atoms with Crippen molar-refractivity contribution in [2.45, 2.75) is 0 Å². The first-order valence-electron chi connectivity index (χ1n) is 9.06. The van der Waals surface area contributed by atoms with Crippen LogP contribution in [0.2, 0.25) is 0 Å². The lowest BCUT2D eigenvalue weighted by atomic mass is 9.98. The van der Waals surface area contributed by atoms with Gasteiger partial charge in [-0.1, -0.05) is 64.5 Å². The van der Waals surface area contributed by atoms with Gasteiger partial charge in [0.1, 0.15) is 0 Å². The molecular weight excluding hydrogens is 446 g/mol. The molecule has 1 aromatic heterocycles. The second kappa shape index (κ2) is 7.10. The van der Waals surface area contributed by atoms with Gasteiger partial charge in [-0.15, -0.1) is 11.3 Å². The van der Waals surface area contributed by atoms with E-state index in [-0.39, 0.29) is 10.6 Å². The fourth-order valence-corrected chi connectivity index (χ4v) is 5.08. The largest absolute Gasteiger partial charge is 0.278 e. The second-order valence-electron chi connectivity index (χ2n) is 6.81. The van der Waals surface area contributed by atoms with E-state index in [4.69, 9.17) is 0 Å². The fourth-order valence-electron chi connectivity index (χ4n) is 3.65. The van der Waals surface area contributed by atoms with Crippen molar-refractivity contribution < 1.29 is 4.92 Å². The van der Waals surface area contributed by atoms with Gasteiger partial charge in [0.25, 0.3) is 5.69 Å². The highest BCUT2D eigenvalue weighted by Gasteiger charge is 2.16. The molecule has 0 amide bonds. The third kappa shape index (κ3) is 3.22. The maximum atomic E-state index is 11.4. The van der Waals surface area contributed by atoms with Crippen molar-refractivity contribution in [1.82, 2.24) is 0 Å². The molecule has 0 radical (unpaired) electrons. The molecule has 4 aromatic carbocycles. The summed E-state index contributed by atoms with van der Waals surface area (Å²) in [6.07, 6.45) is 0. The third-order valence-electron chi connectivity index (χ3n) is 5.06. The molecule has 0 spiro atoms. The number of nitro benzene ring substituents is 1. The normalized spacial score (nSPS) is 11.2. The number of hydrogen-bond acceptors (Lipinski definition) is 3. The van der Waals surface area contributed by atoms with Crippen molar-refractivity contribution >= 4 is 53.1 Å². The Morgan fingerprint density at radius 1 is 0.724 bits per heavy atom. The van der Waals surface area contributed by atoms with E-state index in [0.717, 1.165) is 16.7 Å². The Labute approximate surface area is 179 Å². The highest BCUT2D eigenvalue weighted by molar-refractivity contribution is 9.10. The molecule has 5 heteroatoms. The second-order valence-corrected chi connectivity index (χ2v) is 8.80. The topological polar surface area (TPSA) is 43.1 Å². The molecule has 0 saturated heterocycles. The van der Waals surface area contributed by atoms with E-state index in [1.807, 2.05) is 30.3 Å². The molecule has 0 aliphatic heterocycles. The number of benzene rings is 4. The average Bonchev–Trinajstić information content (AvgIpc) is 3.12. The van der Waals surface area contributed by atoms with Gasteiger partial charge in [-0.2, -0.15) is 0 Å². The number of fused-ring (bicyclic) bond motifs is 3. The molecule has 0 fully saturated rings. The smallest absolute Gasteiger partial charge is 0.258 e. The molecule has 0 aliphatic rings. The van der Waals surface area contributed by atoms with Gasteiger partial charge in [-0.3, -0.25) is 10.1 Å². The highest BCUT2D eigenvalue weighted by atomic mass is 79.9. The van der Waals surface area contributed by atoms with Gasteiger partial charge in [0.2, 0.25) is 0 Å². The molecule has 0 bridgehead atoms. The summed E-state index contributed by atoms with van der Waals surface area (Å²) in [6.45, 7) is 0. The van der Waals surface area contributed by atoms with E-state index in [1.165, 1.54) is 20.2 Å². The van der Waals surface area contributed by atoms with Crippen LogP contribution in [0.15, 0.2) is 89.4 Å². The first kappa shape index (κ1) is 18.0. The summed E-state index contributed by atoms with van der Waals surface area (Å²) in [7, 11) is 0. The van der Waals surface area contributed by atoms with Crippen LogP contribution in [-0.2, 0) is 0 Å². The van der Waals surface area contributed by atoms with Crippen LogP contribution in [0.1, 0.15) is 0 Å². The molecule has 0 N–H and O–H groups in total. The minimum atomic E-state index is -0.344. The molecule has 0 aliphatic carbocycles. The molecule has 5 rings (SSSR count). The summed E-state index contributed by atoms with van der Waals surface area (Å²) in [5, 5.41) is 14.0. The van der Waals surface area contributed by atoms with Crippen LogP contribution in [0.4, 0.5) is 5.69 Å². The summed E-state index contributed by atoms with van der Waals surface area (Å²) in [4.78, 5) is 11.1. The van der Waals surface area contributed by atoms with Crippen molar-refractivity contribution in [2.75, 3.05) is 0 Å². The predicted molar refractivity (Wildman–Crippen MR) is 125 cm³/mol. The van der Waals surface area contributed by atoms with Gasteiger partial charge >= 0.3 is 0 Å². The lowest BCUT2D eigenvalue weighted by Gasteiger charge is -2.07. The summed E-state index contributed by atoms with van der Waals surface area (Å²) in [6, 6.07) is 28.1. The van der Waals surface area contributed by atoms with Crippen molar-refractivity contribution in [3.05, 3.63) is 99.5 Å². The SMILES string of the molecule is O=[N+]([O-])c1cc(Br)ccc1-c1ccc(-c2ccc3sc4ccccc4c3c2)cc1. The zero-order valence-corrected chi connectivity index (χ0v) is 17.5. The van der Waals surface area contributed by atoms with E-state index < -0.39 is 0 Å². The van der Waals surface area contributed by atoms with Crippen molar-refractivity contribution in [3.63, 3.8) is 0 Å². The average molecular weight is 460 g/mol. The summed E-state index contributed by atoms with van der Waals surface area (Å²) in [5.41, 5.74) is 3.76. The van der Waals surface area contributed by atoms with Crippen LogP contribution in [-0.4, -0.2) is 4.92 Å². The molecule has 0 unspecified atom stereocenters. The van der Waals surface area contributed by atoms with Crippen molar-refractivity contribution in [3.8, 4) is 22.3 Å². The molecule has 0 atom stereocenters. The van der Waals surface area contributed by atoms with Crippen LogP contribution in [0.3, 0.4) is 0 Å². The molecule has 1 heterocycles. The summed E-state index contributed by atoms with van der Waals surface area (Å²) < 4.78 is 3.26. The van der Waals surface area contributed by atoms with E-state index in [2.05, 4.69) is 58.4 Å². The molecule has 29 heavy (non-hydrogen) atoms. The number of rotatable bonds is 3. The number of nitrogens with zero attached hydrogens (tertiary/aromatic N) is 1. The Morgan fingerprint density at radius 2 is 1.41 bits per heavy atom. The molecule has 0 saturated carbocycles. The van der Waals surface area contributed by atoms with Gasteiger partial charge < -0.3 is 0 Å². The summed E-state index contributed by atoms with van der Waals surface area (Å²) in [5.74, 6) is 0. The third-order valence-corrected chi connectivity index (χ3v) is 6.71. The maximum absolute atomic E-state index is 11.4. The van der Waals surface area contributed by atoms with Gasteiger partial charge in [0.15, 0.2) is 0 Å². The van der Waals surface area contributed by atoms with E-state index in [1.54, 1.807) is 23.5 Å². The Bertz CT molecular complexity index is 1390. The lowest BCUT2D eigenvalue weighted by Crippen LogP contribution is -1.92. The van der Waals surface area contributed by atoms with Crippen LogP contribution >= 0.6 is 27.3 Å². The van der Waals surface area contributed by atoms with Crippen LogP contribution in [0, 0.1) is 10.1 Å². The fraction of sp³-hybridized carbons (Fsp3) is 0. The first-order chi connectivity index (χ1) is 14.1. The van der Waals surface area contributed by atoms with Crippen LogP contribution in [0.25, 0.3) is 42.4 Å².